The summed E-state index contributed by atoms with van der Waals surface area (Å²) in [6, 6.07) is 7.19. The Morgan fingerprint density at radius 1 is 1.21 bits per heavy atom. The Morgan fingerprint density at radius 3 is 2.68 bits per heavy atom. The molecule has 34 heavy (non-hydrogen) atoms. The molecule has 10 heteroatoms. The highest BCUT2D eigenvalue weighted by molar-refractivity contribution is 9.12. The van der Waals surface area contributed by atoms with Gasteiger partial charge < -0.3 is 5.11 Å². The lowest BCUT2D eigenvalue weighted by Crippen LogP contribution is -2.60. The number of carbonyl (C=O) groups is 3. The molecule has 2 N–H and O–H groups in total. The Labute approximate surface area is 210 Å². The molecule has 1 aromatic carbocycles. The molecule has 0 aromatic heterocycles. The minimum Gasteiger partial charge on any atom is -0.492 e. The molecule has 0 spiro atoms. The van der Waals surface area contributed by atoms with Gasteiger partial charge >= 0.3 is 0 Å². The lowest BCUT2D eigenvalue weighted by Gasteiger charge is -2.48. The third-order valence-electron chi connectivity index (χ3n) is 5.69. The molecule has 0 fully saturated rings. The second-order valence-electron chi connectivity index (χ2n) is 8.09. The number of amides is 1. The van der Waals surface area contributed by atoms with Crippen LogP contribution in [0.5, 0.6) is 0 Å². The number of allylic oxidation sites excluding steroid dienone is 2. The molecule has 3 aliphatic rings. The molecule has 1 amide bonds. The third kappa shape index (κ3) is 4.56. The Morgan fingerprint density at radius 2 is 1.97 bits per heavy atom. The summed E-state index contributed by atoms with van der Waals surface area (Å²) >= 11 is 4.66. The molecule has 0 saturated carbocycles. The molecule has 1 atom stereocenters. The summed E-state index contributed by atoms with van der Waals surface area (Å²) in [6.45, 7) is 3.60. The molecule has 0 bridgehead atoms. The van der Waals surface area contributed by atoms with Crippen LogP contribution in [0.3, 0.4) is 0 Å². The number of hydrogen-bond donors (Lipinski definition) is 2. The highest BCUT2D eigenvalue weighted by atomic mass is 79.9. The van der Waals surface area contributed by atoms with Crippen molar-refractivity contribution in [2.75, 3.05) is 10.7 Å². The average molecular weight is 545 g/mol. The van der Waals surface area contributed by atoms with Crippen molar-refractivity contribution < 1.29 is 19.5 Å². The van der Waals surface area contributed by atoms with Gasteiger partial charge in [-0.15, -0.1) is 0 Å². The summed E-state index contributed by atoms with van der Waals surface area (Å²) in [6.07, 6.45) is 6.38. The minimum atomic E-state index is -0.833. The Hall–Kier alpha value is -2.85. The van der Waals surface area contributed by atoms with Gasteiger partial charge in [0.05, 0.1) is 10.2 Å². The van der Waals surface area contributed by atoms with Gasteiger partial charge in [-0.05, 0) is 40.6 Å². The first kappa shape index (κ1) is 24.3. The second-order valence-corrected chi connectivity index (χ2v) is 10.0. The van der Waals surface area contributed by atoms with E-state index in [1.54, 1.807) is 28.1 Å². The lowest BCUT2D eigenvalue weighted by molar-refractivity contribution is -0.131. The first-order chi connectivity index (χ1) is 16.3. The number of Topliss-reactive ketones (excluding diaryl/α,β-unsaturated/α-hetero) is 1. The predicted octanol–water partition coefficient (Wildman–Crippen LogP) is 4.41. The zero-order valence-electron chi connectivity index (χ0n) is 18.9. The van der Waals surface area contributed by atoms with Crippen molar-refractivity contribution in [1.29, 1.82) is 0 Å². The highest BCUT2D eigenvalue weighted by Crippen LogP contribution is 2.43. The lowest BCUT2D eigenvalue weighted by atomic mass is 9.96. The van der Waals surface area contributed by atoms with E-state index in [2.05, 4.69) is 33.3 Å². The number of benzene rings is 1. The summed E-state index contributed by atoms with van der Waals surface area (Å²) < 4.78 is 0.114. The normalized spacial score (nSPS) is 19.7. The van der Waals surface area contributed by atoms with Gasteiger partial charge in [0.15, 0.2) is 11.3 Å². The number of hydrazine groups is 1. The number of carbonyl (C=O) groups excluding carboxylic acids is 3. The number of amidine groups is 1. The van der Waals surface area contributed by atoms with Crippen molar-refractivity contribution in [1.82, 2.24) is 10.4 Å². The first-order valence-electron chi connectivity index (χ1n) is 11.1. The number of halogens is 1. The zero-order chi connectivity index (χ0) is 24.4. The van der Waals surface area contributed by atoms with Crippen LogP contribution in [0.1, 0.15) is 45.1 Å². The molecular formula is C24H25BrN4O4S. The van der Waals surface area contributed by atoms with E-state index in [9.17, 15) is 19.5 Å². The number of rotatable bonds is 6. The molecule has 0 radical (unpaired) electrons. The van der Waals surface area contributed by atoms with Gasteiger partial charge in [0.2, 0.25) is 23.4 Å². The van der Waals surface area contributed by atoms with Gasteiger partial charge in [0, 0.05) is 23.8 Å². The number of aliphatic imine (C=N–C) groups is 1. The van der Waals surface area contributed by atoms with Crippen molar-refractivity contribution in [3.8, 4) is 0 Å². The van der Waals surface area contributed by atoms with Crippen LogP contribution in [0.15, 0.2) is 57.3 Å². The quantitative estimate of drug-likeness (QED) is 0.310. The maximum atomic E-state index is 12.9. The van der Waals surface area contributed by atoms with E-state index in [0.717, 1.165) is 31.4 Å². The van der Waals surface area contributed by atoms with Crippen molar-refractivity contribution in [2.24, 2.45) is 4.99 Å². The van der Waals surface area contributed by atoms with Gasteiger partial charge in [0.25, 0.3) is 0 Å². The van der Waals surface area contributed by atoms with E-state index in [1.807, 2.05) is 6.07 Å². The van der Waals surface area contributed by atoms with E-state index in [4.69, 9.17) is 0 Å². The number of nitrogens with zero attached hydrogens (tertiary/aromatic N) is 3. The average Bonchev–Trinajstić information content (AvgIpc) is 2.80. The topological polar surface area (TPSA) is 102 Å². The number of aliphatic hydroxyl groups is 1. The molecule has 178 valence electrons. The van der Waals surface area contributed by atoms with E-state index < -0.39 is 17.7 Å². The number of unbranched alkanes of at least 4 members (excludes halogenated alkanes) is 3. The van der Waals surface area contributed by atoms with Crippen LogP contribution in [0.2, 0.25) is 0 Å². The fourth-order valence-electron chi connectivity index (χ4n) is 4.15. The van der Waals surface area contributed by atoms with Crippen LogP contribution < -0.4 is 10.3 Å². The molecule has 4 rings (SSSR count). The molecule has 0 saturated heterocycles. The molecule has 1 aromatic rings. The van der Waals surface area contributed by atoms with E-state index >= 15 is 0 Å². The van der Waals surface area contributed by atoms with Crippen molar-refractivity contribution in [2.45, 2.75) is 45.7 Å². The van der Waals surface area contributed by atoms with Crippen LogP contribution in [-0.4, -0.2) is 44.7 Å². The number of fused-ring (bicyclic) bond motifs is 3. The summed E-state index contributed by atoms with van der Waals surface area (Å²) in [5.74, 6) is -0.954. The number of nitrogens with one attached hydrogen (secondary N) is 1. The fraction of sp³-hybridized carbons (Fsp3) is 0.333. The molecule has 8 nitrogen and oxygen atoms in total. The van der Waals surface area contributed by atoms with Crippen LogP contribution in [0.25, 0.3) is 5.70 Å². The summed E-state index contributed by atoms with van der Waals surface area (Å²) in [7, 11) is 0. The van der Waals surface area contributed by atoms with Gasteiger partial charge in [0.1, 0.15) is 5.70 Å². The fourth-order valence-corrected chi connectivity index (χ4v) is 5.46. The highest BCUT2D eigenvalue weighted by Gasteiger charge is 2.44. The molecule has 0 unspecified atom stereocenters. The van der Waals surface area contributed by atoms with E-state index in [0.29, 0.717) is 27.7 Å². The second kappa shape index (κ2) is 10.2. The molecule has 2 aliphatic heterocycles. The Bertz CT molecular complexity index is 1170. The molecule has 1 aliphatic carbocycles. The number of ketones is 2. The van der Waals surface area contributed by atoms with Crippen molar-refractivity contribution in [3.63, 3.8) is 0 Å². The van der Waals surface area contributed by atoms with Gasteiger partial charge in [-0.1, -0.05) is 56.1 Å². The number of thioether (sulfide) groups is 1. The number of para-hydroxylation sites is 1. The SMILES string of the molecule is CCCCCCSC1=NC(O)=C2c3ccccc3N(C(C)=O)[C@@H](C3=CC(=O)C(=O)C(Br)=C3)N2N1. The third-order valence-corrected chi connectivity index (χ3v) is 7.23. The summed E-state index contributed by atoms with van der Waals surface area (Å²) in [5, 5.41) is 13.1. The maximum absolute atomic E-state index is 12.9. The smallest absolute Gasteiger partial charge is 0.240 e. The van der Waals surface area contributed by atoms with Gasteiger partial charge in [-0.25, -0.2) is 0 Å². The van der Waals surface area contributed by atoms with Crippen LogP contribution in [0, 0.1) is 0 Å². The van der Waals surface area contributed by atoms with Crippen LogP contribution >= 0.6 is 27.7 Å². The van der Waals surface area contributed by atoms with E-state index in [-0.39, 0.29) is 16.3 Å². The van der Waals surface area contributed by atoms with Gasteiger partial charge in [-0.3, -0.25) is 29.7 Å². The van der Waals surface area contributed by atoms with Crippen molar-refractivity contribution >= 4 is 61.7 Å². The van der Waals surface area contributed by atoms with Crippen molar-refractivity contribution in [3.05, 3.63) is 57.9 Å². The predicted molar refractivity (Wildman–Crippen MR) is 137 cm³/mol. The maximum Gasteiger partial charge on any atom is 0.240 e. The number of aliphatic hydroxyl groups excluding tert-OH is 1. The van der Waals surface area contributed by atoms with E-state index in [1.165, 1.54) is 30.8 Å². The zero-order valence-corrected chi connectivity index (χ0v) is 21.3. The minimum absolute atomic E-state index is 0.114. The summed E-state index contributed by atoms with van der Waals surface area (Å²) in [5.41, 5.74) is 5.25. The van der Waals surface area contributed by atoms with Gasteiger partial charge in [-0.2, -0.15) is 4.99 Å². The Balaban J connectivity index is 1.79. The number of anilines is 1. The summed E-state index contributed by atoms with van der Waals surface area (Å²) in [4.78, 5) is 43.2. The van der Waals surface area contributed by atoms with Crippen LogP contribution in [-0.2, 0) is 14.4 Å². The van der Waals surface area contributed by atoms with Crippen LogP contribution in [0.4, 0.5) is 5.69 Å². The molecular weight excluding hydrogens is 520 g/mol. The first-order valence-corrected chi connectivity index (χ1v) is 12.9. The molecule has 2 heterocycles. The Kier molecular flexibility index (Phi) is 7.27. The monoisotopic (exact) mass is 544 g/mol. The largest absolute Gasteiger partial charge is 0.492 e. The number of hydrogen-bond acceptors (Lipinski definition) is 8. The standard InChI is InChI=1S/C24H25BrN4O4S/c1-3-4-5-8-11-34-24-26-22(33)20-16-9-6-7-10-18(16)28(14(2)30)23(29(20)27-24)15-12-17(25)21(32)19(31)13-15/h6-7,9-10,12-13,23,33H,3-5,8,11H2,1-2H3,(H,26,27)/t23-/m1/s1.